The van der Waals surface area contributed by atoms with Crippen LogP contribution in [0.3, 0.4) is 0 Å². The lowest BCUT2D eigenvalue weighted by Gasteiger charge is -2.12. The van der Waals surface area contributed by atoms with Crippen molar-refractivity contribution in [3.05, 3.63) is 66.4 Å². The van der Waals surface area contributed by atoms with Crippen LogP contribution in [0.15, 0.2) is 55.0 Å². The van der Waals surface area contributed by atoms with E-state index in [-0.39, 0.29) is 17.0 Å². The highest BCUT2D eigenvalue weighted by Crippen LogP contribution is 2.32. The predicted octanol–water partition coefficient (Wildman–Crippen LogP) is 4.17. The molecule has 3 heterocycles. The van der Waals surface area contributed by atoms with Gasteiger partial charge < -0.3 is 15.2 Å². The Labute approximate surface area is 176 Å². The monoisotopic (exact) mass is 416 g/mol. The summed E-state index contributed by atoms with van der Waals surface area (Å²) < 4.78 is 27.2. The zero-order valence-electron chi connectivity index (χ0n) is 16.7. The van der Waals surface area contributed by atoms with Crippen LogP contribution < -0.4 is 15.2 Å². The number of fused-ring (bicyclic) bond motifs is 2. The van der Waals surface area contributed by atoms with Crippen molar-refractivity contribution in [2.45, 2.75) is 6.92 Å². The van der Waals surface area contributed by atoms with E-state index in [1.54, 1.807) is 22.8 Å². The van der Waals surface area contributed by atoms with Crippen molar-refractivity contribution >= 4 is 22.4 Å². The third-order valence-corrected chi connectivity index (χ3v) is 4.93. The Morgan fingerprint density at radius 2 is 1.87 bits per heavy atom. The molecule has 5 aromatic rings. The van der Waals surface area contributed by atoms with Crippen LogP contribution in [-0.4, -0.2) is 31.7 Å². The molecule has 3 aromatic heterocycles. The number of nitrogens with zero attached hydrogens (tertiary/aromatic N) is 5. The number of anilines is 1. The van der Waals surface area contributed by atoms with Crippen LogP contribution in [0.5, 0.6) is 17.2 Å². The molecule has 0 radical (unpaired) electrons. The Balaban J connectivity index is 1.49. The van der Waals surface area contributed by atoms with Gasteiger partial charge in [-0.05, 0) is 48.9 Å². The van der Waals surface area contributed by atoms with Gasteiger partial charge in [0.2, 0.25) is 0 Å². The van der Waals surface area contributed by atoms with Crippen LogP contribution in [0.2, 0.25) is 0 Å². The fraction of sp³-hybridized carbons (Fsp3) is 0.0909. The van der Waals surface area contributed by atoms with E-state index >= 15 is 0 Å². The number of nitrogen functional groups attached to an aromatic ring is 1. The summed E-state index contributed by atoms with van der Waals surface area (Å²) in [6, 6.07) is 12.3. The van der Waals surface area contributed by atoms with Gasteiger partial charge in [-0.1, -0.05) is 0 Å². The summed E-state index contributed by atoms with van der Waals surface area (Å²) in [4.78, 5) is 12.9. The van der Waals surface area contributed by atoms with E-state index in [1.165, 1.54) is 19.5 Å². The van der Waals surface area contributed by atoms with Crippen LogP contribution in [0.1, 0.15) is 5.56 Å². The van der Waals surface area contributed by atoms with Crippen molar-refractivity contribution in [1.82, 2.24) is 24.6 Å². The SMILES string of the molecule is COc1ccc2nc(-c3ccc(Oc4ccn5ncnc5c4)c(C)c3)nc(N)c2c1F. The fourth-order valence-corrected chi connectivity index (χ4v) is 3.37. The first-order valence-corrected chi connectivity index (χ1v) is 9.41. The van der Waals surface area contributed by atoms with Gasteiger partial charge in [-0.25, -0.2) is 23.9 Å². The lowest BCUT2D eigenvalue weighted by Crippen LogP contribution is -2.01. The molecule has 0 aliphatic rings. The Kier molecular flexibility index (Phi) is 4.36. The van der Waals surface area contributed by atoms with Gasteiger partial charge in [-0.2, -0.15) is 5.10 Å². The minimum Gasteiger partial charge on any atom is -0.494 e. The summed E-state index contributed by atoms with van der Waals surface area (Å²) in [5.41, 5.74) is 8.75. The maximum absolute atomic E-state index is 14.6. The number of benzene rings is 2. The summed E-state index contributed by atoms with van der Waals surface area (Å²) in [7, 11) is 1.40. The van der Waals surface area contributed by atoms with Crippen molar-refractivity contribution in [2.75, 3.05) is 12.8 Å². The predicted molar refractivity (Wildman–Crippen MR) is 114 cm³/mol. The topological polar surface area (TPSA) is 100 Å². The zero-order valence-corrected chi connectivity index (χ0v) is 16.7. The Bertz CT molecular complexity index is 1450. The number of halogens is 1. The Morgan fingerprint density at radius 1 is 1.03 bits per heavy atom. The van der Waals surface area contributed by atoms with Crippen molar-refractivity contribution in [3.63, 3.8) is 0 Å². The second-order valence-corrected chi connectivity index (χ2v) is 6.92. The van der Waals surface area contributed by atoms with E-state index < -0.39 is 5.82 Å². The van der Waals surface area contributed by atoms with E-state index in [2.05, 4.69) is 20.1 Å². The molecule has 0 unspecified atom stereocenters. The van der Waals surface area contributed by atoms with Crippen LogP contribution in [0, 0.1) is 12.7 Å². The molecule has 5 rings (SSSR count). The van der Waals surface area contributed by atoms with Gasteiger partial charge >= 0.3 is 0 Å². The maximum atomic E-state index is 14.6. The number of aromatic nitrogens is 5. The van der Waals surface area contributed by atoms with Crippen LogP contribution in [0.4, 0.5) is 10.2 Å². The summed E-state index contributed by atoms with van der Waals surface area (Å²) >= 11 is 0. The summed E-state index contributed by atoms with van der Waals surface area (Å²) in [5.74, 6) is 1.29. The highest BCUT2D eigenvalue weighted by Gasteiger charge is 2.15. The van der Waals surface area contributed by atoms with E-state index in [0.717, 1.165) is 11.1 Å². The average molecular weight is 416 g/mol. The molecule has 0 amide bonds. The van der Waals surface area contributed by atoms with Crippen molar-refractivity contribution in [1.29, 1.82) is 0 Å². The van der Waals surface area contributed by atoms with Crippen molar-refractivity contribution in [3.8, 4) is 28.6 Å². The maximum Gasteiger partial charge on any atom is 0.178 e. The van der Waals surface area contributed by atoms with Crippen molar-refractivity contribution in [2.24, 2.45) is 0 Å². The molecule has 0 spiro atoms. The molecule has 154 valence electrons. The molecular weight excluding hydrogens is 399 g/mol. The quantitative estimate of drug-likeness (QED) is 0.469. The summed E-state index contributed by atoms with van der Waals surface area (Å²) in [5, 5.41) is 4.21. The molecule has 8 nitrogen and oxygen atoms in total. The van der Waals surface area contributed by atoms with Crippen LogP contribution in [0.25, 0.3) is 27.9 Å². The number of pyridine rings is 1. The number of hydrogen-bond acceptors (Lipinski definition) is 7. The molecule has 31 heavy (non-hydrogen) atoms. The summed E-state index contributed by atoms with van der Waals surface area (Å²) in [6.45, 7) is 1.92. The van der Waals surface area contributed by atoms with Crippen molar-refractivity contribution < 1.29 is 13.9 Å². The Morgan fingerprint density at radius 3 is 2.68 bits per heavy atom. The lowest BCUT2D eigenvalue weighted by atomic mass is 10.1. The van der Waals surface area contributed by atoms with E-state index in [0.29, 0.717) is 28.5 Å². The third-order valence-electron chi connectivity index (χ3n) is 4.93. The first-order valence-electron chi connectivity index (χ1n) is 9.41. The number of hydrogen-bond donors (Lipinski definition) is 1. The number of nitrogens with two attached hydrogens (primary N) is 1. The molecule has 0 saturated heterocycles. The van der Waals surface area contributed by atoms with E-state index in [9.17, 15) is 4.39 Å². The summed E-state index contributed by atoms with van der Waals surface area (Å²) in [6.07, 6.45) is 3.26. The molecule has 0 fully saturated rings. The van der Waals surface area contributed by atoms with E-state index in [1.807, 2.05) is 31.2 Å². The number of ether oxygens (including phenoxy) is 2. The Hall–Kier alpha value is -4.27. The van der Waals surface area contributed by atoms with Gasteiger partial charge in [-0.15, -0.1) is 0 Å². The van der Waals surface area contributed by atoms with Gasteiger partial charge in [0.05, 0.1) is 18.0 Å². The standard InChI is InChI=1S/C22H17FN6O2/c1-12-9-13(3-5-16(12)31-14-7-8-29-18(10-14)25-11-26-29)22-27-15-4-6-17(30-2)20(23)19(15)21(24)28-22/h3-11H,1-2H3,(H2,24,27,28). The van der Waals surface area contributed by atoms with Gasteiger partial charge in [0.15, 0.2) is 23.0 Å². The van der Waals surface area contributed by atoms with E-state index in [4.69, 9.17) is 15.2 Å². The molecule has 2 N–H and O–H groups in total. The van der Waals surface area contributed by atoms with Crippen LogP contribution >= 0.6 is 0 Å². The molecule has 2 aromatic carbocycles. The normalized spacial score (nSPS) is 11.2. The first-order chi connectivity index (χ1) is 15.0. The second-order valence-electron chi connectivity index (χ2n) is 6.92. The molecule has 0 bridgehead atoms. The number of aryl methyl sites for hydroxylation is 1. The second kappa shape index (κ2) is 7.21. The lowest BCUT2D eigenvalue weighted by molar-refractivity contribution is 0.389. The molecule has 0 aliphatic carbocycles. The third kappa shape index (κ3) is 3.25. The molecular formula is C22H17FN6O2. The number of methoxy groups -OCH3 is 1. The molecule has 0 aliphatic heterocycles. The first kappa shape index (κ1) is 18.7. The van der Waals surface area contributed by atoms with Gasteiger partial charge in [0, 0.05) is 17.8 Å². The van der Waals surface area contributed by atoms with Gasteiger partial charge in [0.25, 0.3) is 0 Å². The largest absolute Gasteiger partial charge is 0.494 e. The minimum atomic E-state index is -0.575. The van der Waals surface area contributed by atoms with Gasteiger partial charge in [-0.3, -0.25) is 0 Å². The smallest absolute Gasteiger partial charge is 0.178 e. The number of rotatable bonds is 4. The highest BCUT2D eigenvalue weighted by atomic mass is 19.1. The zero-order chi connectivity index (χ0) is 21.5. The highest BCUT2D eigenvalue weighted by molar-refractivity contribution is 5.91. The molecule has 0 atom stereocenters. The molecule has 0 saturated carbocycles. The molecule has 9 heteroatoms. The minimum absolute atomic E-state index is 0.0518. The van der Waals surface area contributed by atoms with Gasteiger partial charge in [0.1, 0.15) is 23.6 Å². The van der Waals surface area contributed by atoms with Crippen LogP contribution in [-0.2, 0) is 0 Å². The average Bonchev–Trinajstić information content (AvgIpc) is 3.23. The fourth-order valence-electron chi connectivity index (χ4n) is 3.37.